The van der Waals surface area contributed by atoms with Crippen LogP contribution in [0.2, 0.25) is 5.02 Å². The van der Waals surface area contributed by atoms with Gasteiger partial charge in [0.05, 0.1) is 10.6 Å². The van der Waals surface area contributed by atoms with Gasteiger partial charge >= 0.3 is 6.18 Å². The van der Waals surface area contributed by atoms with Crippen LogP contribution in [0.4, 0.5) is 13.2 Å². The van der Waals surface area contributed by atoms with Crippen molar-refractivity contribution in [3.05, 3.63) is 64.2 Å². The van der Waals surface area contributed by atoms with E-state index in [0.29, 0.717) is 44.1 Å². The average Bonchev–Trinajstić information content (AvgIpc) is 3.25. The monoisotopic (exact) mass is 467 g/mol. The average molecular weight is 468 g/mol. The Bertz CT molecular complexity index is 1030. The van der Waals surface area contributed by atoms with E-state index in [2.05, 4.69) is 5.32 Å². The van der Waals surface area contributed by atoms with Crippen molar-refractivity contribution in [2.45, 2.75) is 24.4 Å². The minimum Gasteiger partial charge on any atom is -0.454 e. The predicted molar refractivity (Wildman–Crippen MR) is 113 cm³/mol. The van der Waals surface area contributed by atoms with Gasteiger partial charge in [-0.1, -0.05) is 23.7 Å². The zero-order chi connectivity index (χ0) is 22.8. The summed E-state index contributed by atoms with van der Waals surface area (Å²) in [6, 6.07) is 9.26. The third-order valence-electron chi connectivity index (χ3n) is 5.76. The number of carbonyl (C=O) groups is 1. The molecule has 0 spiro atoms. The Morgan fingerprint density at radius 1 is 1.09 bits per heavy atom. The van der Waals surface area contributed by atoms with Gasteiger partial charge in [0, 0.05) is 31.2 Å². The molecule has 170 valence electrons. The van der Waals surface area contributed by atoms with E-state index >= 15 is 0 Å². The number of carbonyl (C=O) groups excluding carboxylic acids is 1. The summed E-state index contributed by atoms with van der Waals surface area (Å²) in [4.78, 5) is 12.4. The quantitative estimate of drug-likeness (QED) is 0.631. The smallest absolute Gasteiger partial charge is 0.417 e. The number of hydrogen-bond acceptors (Lipinski definition) is 4. The van der Waals surface area contributed by atoms with Crippen LogP contribution in [0.1, 0.15) is 29.5 Å². The first kappa shape index (κ1) is 22.5. The molecule has 0 aromatic heterocycles. The standard InChI is InChI=1S/C23H21ClF3NO4/c24-18-4-1-15(11-17(18)23(25,26)27)2-6-21(29)28-13-22(7-9-30-10-8-22)16-3-5-19-20(12-16)32-14-31-19/h1-6,11-12H,7-10,13-14H2,(H,28,29). The first-order chi connectivity index (χ1) is 15.3. The molecule has 1 saturated heterocycles. The van der Waals surface area contributed by atoms with Gasteiger partial charge in [-0.15, -0.1) is 0 Å². The van der Waals surface area contributed by atoms with E-state index < -0.39 is 17.6 Å². The van der Waals surface area contributed by atoms with Crippen molar-refractivity contribution in [1.82, 2.24) is 5.32 Å². The van der Waals surface area contributed by atoms with Gasteiger partial charge in [0.25, 0.3) is 0 Å². The second-order valence-electron chi connectivity index (χ2n) is 7.75. The van der Waals surface area contributed by atoms with Crippen LogP contribution in [0.3, 0.4) is 0 Å². The predicted octanol–water partition coefficient (Wildman–Crippen LogP) is 4.97. The number of rotatable bonds is 5. The van der Waals surface area contributed by atoms with Crippen molar-refractivity contribution >= 4 is 23.6 Å². The van der Waals surface area contributed by atoms with E-state index in [1.54, 1.807) is 0 Å². The summed E-state index contributed by atoms with van der Waals surface area (Å²) < 4.78 is 55.5. The van der Waals surface area contributed by atoms with Crippen LogP contribution in [0.5, 0.6) is 11.5 Å². The van der Waals surface area contributed by atoms with Crippen molar-refractivity contribution in [1.29, 1.82) is 0 Å². The molecule has 1 fully saturated rings. The van der Waals surface area contributed by atoms with Crippen molar-refractivity contribution in [2.24, 2.45) is 0 Å². The number of nitrogens with one attached hydrogen (secondary N) is 1. The minimum atomic E-state index is -4.57. The summed E-state index contributed by atoms with van der Waals surface area (Å²) in [6.07, 6.45) is -0.594. The summed E-state index contributed by atoms with van der Waals surface area (Å²) in [5.41, 5.74) is -0.0344. The number of alkyl halides is 3. The Labute approximate surface area is 188 Å². The fraction of sp³-hybridized carbons (Fsp3) is 0.348. The maximum absolute atomic E-state index is 13.0. The molecule has 0 saturated carbocycles. The molecule has 2 aromatic carbocycles. The number of ether oxygens (including phenoxy) is 3. The summed E-state index contributed by atoms with van der Waals surface area (Å²) >= 11 is 5.64. The van der Waals surface area contributed by atoms with Crippen LogP contribution < -0.4 is 14.8 Å². The van der Waals surface area contributed by atoms with E-state index in [1.165, 1.54) is 24.3 Å². The largest absolute Gasteiger partial charge is 0.454 e. The van der Waals surface area contributed by atoms with E-state index in [4.69, 9.17) is 25.8 Å². The first-order valence-corrected chi connectivity index (χ1v) is 10.5. The molecule has 0 radical (unpaired) electrons. The summed E-state index contributed by atoms with van der Waals surface area (Å²) in [7, 11) is 0. The molecule has 4 rings (SSSR count). The Morgan fingerprint density at radius 2 is 1.84 bits per heavy atom. The number of benzene rings is 2. The zero-order valence-corrected chi connectivity index (χ0v) is 17.8. The van der Waals surface area contributed by atoms with Crippen LogP contribution in [-0.4, -0.2) is 32.5 Å². The van der Waals surface area contributed by atoms with Crippen LogP contribution in [0, 0.1) is 0 Å². The van der Waals surface area contributed by atoms with Gasteiger partial charge in [-0.25, -0.2) is 0 Å². The Kier molecular flexibility index (Phi) is 6.35. The van der Waals surface area contributed by atoms with Gasteiger partial charge in [0.2, 0.25) is 12.7 Å². The lowest BCUT2D eigenvalue weighted by molar-refractivity contribution is -0.137. The van der Waals surface area contributed by atoms with Gasteiger partial charge in [0.15, 0.2) is 11.5 Å². The van der Waals surface area contributed by atoms with E-state index in [9.17, 15) is 18.0 Å². The third-order valence-corrected chi connectivity index (χ3v) is 6.09. The third kappa shape index (κ3) is 4.86. The topological polar surface area (TPSA) is 56.8 Å². The van der Waals surface area contributed by atoms with Gasteiger partial charge in [-0.05, 0) is 54.3 Å². The maximum atomic E-state index is 13.0. The van der Waals surface area contributed by atoms with Crippen molar-refractivity contribution < 1.29 is 32.2 Å². The highest BCUT2D eigenvalue weighted by Gasteiger charge is 2.36. The summed E-state index contributed by atoms with van der Waals surface area (Å²) in [5, 5.41) is 2.50. The highest BCUT2D eigenvalue weighted by Crippen LogP contribution is 2.40. The fourth-order valence-electron chi connectivity index (χ4n) is 3.91. The summed E-state index contributed by atoms with van der Waals surface area (Å²) in [6.45, 7) is 1.65. The van der Waals surface area contributed by atoms with Crippen LogP contribution in [0.25, 0.3) is 6.08 Å². The Hall–Kier alpha value is -2.71. The zero-order valence-electron chi connectivity index (χ0n) is 17.0. The minimum absolute atomic E-state index is 0.178. The lowest BCUT2D eigenvalue weighted by Gasteiger charge is -2.38. The number of fused-ring (bicyclic) bond motifs is 1. The molecular formula is C23H21ClF3NO4. The fourth-order valence-corrected chi connectivity index (χ4v) is 4.13. The molecular weight excluding hydrogens is 447 g/mol. The molecule has 2 aliphatic rings. The van der Waals surface area contributed by atoms with Crippen LogP contribution in [0.15, 0.2) is 42.5 Å². The van der Waals surface area contributed by atoms with Crippen molar-refractivity contribution in [3.63, 3.8) is 0 Å². The van der Waals surface area contributed by atoms with E-state index in [1.807, 2.05) is 18.2 Å². The van der Waals surface area contributed by atoms with Crippen molar-refractivity contribution in [3.8, 4) is 11.5 Å². The second kappa shape index (κ2) is 9.03. The molecule has 9 heteroatoms. The molecule has 1 amide bonds. The van der Waals surface area contributed by atoms with Gasteiger partial charge < -0.3 is 19.5 Å². The molecule has 2 aromatic rings. The van der Waals surface area contributed by atoms with Gasteiger partial charge in [0.1, 0.15) is 0 Å². The van der Waals surface area contributed by atoms with Crippen LogP contribution in [-0.2, 0) is 21.1 Å². The normalized spacial score (nSPS) is 17.5. The molecule has 0 unspecified atom stereocenters. The van der Waals surface area contributed by atoms with Crippen molar-refractivity contribution in [2.75, 3.05) is 26.6 Å². The van der Waals surface area contributed by atoms with Crippen LogP contribution >= 0.6 is 11.6 Å². The molecule has 0 aliphatic carbocycles. The highest BCUT2D eigenvalue weighted by atomic mass is 35.5. The Morgan fingerprint density at radius 3 is 2.59 bits per heavy atom. The molecule has 0 atom stereocenters. The van der Waals surface area contributed by atoms with Gasteiger partial charge in [-0.2, -0.15) is 13.2 Å². The second-order valence-corrected chi connectivity index (χ2v) is 8.16. The first-order valence-electron chi connectivity index (χ1n) is 10.1. The number of halogens is 4. The highest BCUT2D eigenvalue weighted by molar-refractivity contribution is 6.31. The summed E-state index contributed by atoms with van der Waals surface area (Å²) in [5.74, 6) is 0.951. The molecule has 32 heavy (non-hydrogen) atoms. The van der Waals surface area contributed by atoms with Gasteiger partial charge in [-0.3, -0.25) is 4.79 Å². The SMILES string of the molecule is O=C(C=Cc1ccc(Cl)c(C(F)(F)F)c1)NCC1(c2ccc3c(c2)OCO3)CCOCC1. The lowest BCUT2D eigenvalue weighted by atomic mass is 9.74. The molecule has 2 aliphatic heterocycles. The molecule has 5 nitrogen and oxygen atoms in total. The Balaban J connectivity index is 1.47. The number of hydrogen-bond donors (Lipinski definition) is 1. The molecule has 2 heterocycles. The molecule has 1 N–H and O–H groups in total. The maximum Gasteiger partial charge on any atom is 0.417 e. The lowest BCUT2D eigenvalue weighted by Crippen LogP contribution is -2.44. The molecule has 0 bridgehead atoms. The van der Waals surface area contributed by atoms with E-state index in [-0.39, 0.29) is 22.8 Å². The number of amides is 1. The van der Waals surface area contributed by atoms with E-state index in [0.717, 1.165) is 11.6 Å².